The molecule has 5 rings (SSSR count). The number of carbonyl (C=O) groups excluding carboxylic acids is 3. The highest BCUT2D eigenvalue weighted by molar-refractivity contribution is 6.53. The van der Waals surface area contributed by atoms with Crippen LogP contribution in [-0.2, 0) is 9.59 Å². The lowest BCUT2D eigenvalue weighted by molar-refractivity contribution is -0.120. The van der Waals surface area contributed by atoms with Crippen molar-refractivity contribution in [1.29, 1.82) is 0 Å². The van der Waals surface area contributed by atoms with Gasteiger partial charge in [-0.3, -0.25) is 14.4 Å². The normalized spacial score (nSPS) is 16.0. The molecule has 0 atom stereocenters. The van der Waals surface area contributed by atoms with Crippen molar-refractivity contribution in [2.75, 3.05) is 41.3 Å². The lowest BCUT2D eigenvalue weighted by atomic mass is 10.1. The van der Waals surface area contributed by atoms with E-state index in [0.29, 0.717) is 30.0 Å². The summed E-state index contributed by atoms with van der Waals surface area (Å²) in [6, 6.07) is 22.5. The molecule has 2 aliphatic rings. The first-order chi connectivity index (χ1) is 17.8. The summed E-state index contributed by atoms with van der Waals surface area (Å²) in [5.41, 5.74) is 4.61. The van der Waals surface area contributed by atoms with Gasteiger partial charge in [0, 0.05) is 43.1 Å². The smallest absolute Gasteiger partial charge is 0.283 e. The van der Waals surface area contributed by atoms with E-state index in [1.54, 1.807) is 36.4 Å². The average molecular weight is 515 g/mol. The van der Waals surface area contributed by atoms with Gasteiger partial charge in [0.15, 0.2) is 0 Å². The second-order valence-corrected chi connectivity index (χ2v) is 9.55. The maximum atomic E-state index is 13.1. The molecule has 0 aromatic heterocycles. The molecule has 7 nitrogen and oxygen atoms in total. The predicted octanol–water partition coefficient (Wildman–Crippen LogP) is 4.70. The van der Waals surface area contributed by atoms with Crippen LogP contribution in [0.4, 0.5) is 17.1 Å². The Kier molecular flexibility index (Phi) is 6.72. The van der Waals surface area contributed by atoms with Crippen molar-refractivity contribution in [3.8, 4) is 0 Å². The number of hydrogen-bond acceptors (Lipinski definition) is 5. The Balaban J connectivity index is 1.25. The van der Waals surface area contributed by atoms with E-state index in [0.717, 1.165) is 34.8 Å². The molecule has 2 heterocycles. The second-order valence-electron chi connectivity index (χ2n) is 9.17. The van der Waals surface area contributed by atoms with Gasteiger partial charge < -0.3 is 15.1 Å². The zero-order chi connectivity index (χ0) is 26.1. The molecule has 0 aliphatic carbocycles. The number of nitrogens with one attached hydrogen (secondary N) is 1. The van der Waals surface area contributed by atoms with Crippen LogP contribution < -0.4 is 15.1 Å². The van der Waals surface area contributed by atoms with E-state index in [1.807, 2.05) is 43.0 Å². The van der Waals surface area contributed by atoms with Crippen LogP contribution in [-0.4, -0.2) is 48.8 Å². The molecule has 0 bridgehead atoms. The summed E-state index contributed by atoms with van der Waals surface area (Å²) < 4.78 is 0. The van der Waals surface area contributed by atoms with Crippen molar-refractivity contribution in [1.82, 2.24) is 4.90 Å². The predicted molar refractivity (Wildman–Crippen MR) is 146 cm³/mol. The Bertz CT molecular complexity index is 1390. The molecule has 0 radical (unpaired) electrons. The Morgan fingerprint density at radius 3 is 2.16 bits per heavy atom. The van der Waals surface area contributed by atoms with Crippen molar-refractivity contribution in [2.24, 2.45) is 0 Å². The third-order valence-corrected chi connectivity index (χ3v) is 7.28. The summed E-state index contributed by atoms with van der Waals surface area (Å²) in [7, 11) is 0. The Morgan fingerprint density at radius 1 is 0.811 bits per heavy atom. The van der Waals surface area contributed by atoms with Gasteiger partial charge in [-0.15, -0.1) is 0 Å². The zero-order valence-corrected chi connectivity index (χ0v) is 21.5. The molecule has 1 saturated heterocycles. The van der Waals surface area contributed by atoms with Gasteiger partial charge in [-0.05, 0) is 67.4 Å². The van der Waals surface area contributed by atoms with Crippen LogP contribution in [0.15, 0.2) is 83.5 Å². The summed E-state index contributed by atoms with van der Waals surface area (Å²) in [6.45, 7) is 6.61. The number of para-hydroxylation sites is 1. The molecule has 3 amide bonds. The highest BCUT2D eigenvalue weighted by atomic mass is 35.5. The number of rotatable bonds is 5. The molecule has 0 saturated carbocycles. The summed E-state index contributed by atoms with van der Waals surface area (Å²) in [6.07, 6.45) is 0. The number of hydrogen-bond donors (Lipinski definition) is 1. The molecule has 3 aromatic carbocycles. The fourth-order valence-corrected chi connectivity index (χ4v) is 4.85. The molecule has 1 N–H and O–H groups in total. The number of halogens is 1. The molecule has 37 heavy (non-hydrogen) atoms. The lowest BCUT2D eigenvalue weighted by Gasteiger charge is -2.36. The highest BCUT2D eigenvalue weighted by Crippen LogP contribution is 2.33. The van der Waals surface area contributed by atoms with Crippen molar-refractivity contribution in [3.63, 3.8) is 0 Å². The number of carbonyl (C=O) groups is 3. The second kappa shape index (κ2) is 10.1. The number of anilines is 3. The maximum Gasteiger partial charge on any atom is 0.283 e. The monoisotopic (exact) mass is 514 g/mol. The van der Waals surface area contributed by atoms with Crippen molar-refractivity contribution in [2.45, 2.75) is 13.8 Å². The van der Waals surface area contributed by atoms with Crippen LogP contribution in [0, 0.1) is 13.8 Å². The number of imide groups is 1. The molecule has 2 aliphatic heterocycles. The van der Waals surface area contributed by atoms with Crippen molar-refractivity contribution < 1.29 is 14.4 Å². The van der Waals surface area contributed by atoms with Crippen molar-refractivity contribution >= 4 is 46.4 Å². The summed E-state index contributed by atoms with van der Waals surface area (Å²) in [4.78, 5) is 44.3. The molecule has 188 valence electrons. The minimum absolute atomic E-state index is 0.0173. The van der Waals surface area contributed by atoms with Crippen LogP contribution in [0.3, 0.4) is 0 Å². The molecular formula is C29H27ClN4O3. The zero-order valence-electron chi connectivity index (χ0n) is 20.7. The summed E-state index contributed by atoms with van der Waals surface area (Å²) in [5, 5.41) is 2.81. The quantitative estimate of drug-likeness (QED) is 0.500. The number of benzene rings is 3. The van der Waals surface area contributed by atoms with Crippen LogP contribution >= 0.6 is 11.6 Å². The minimum Gasteiger partial charge on any atom is -0.368 e. The van der Waals surface area contributed by atoms with Gasteiger partial charge in [-0.2, -0.15) is 0 Å². The van der Waals surface area contributed by atoms with Gasteiger partial charge in [0.05, 0.1) is 5.69 Å². The van der Waals surface area contributed by atoms with Crippen LogP contribution in [0.5, 0.6) is 0 Å². The van der Waals surface area contributed by atoms with Gasteiger partial charge in [-0.1, -0.05) is 41.9 Å². The van der Waals surface area contributed by atoms with Gasteiger partial charge in [0.25, 0.3) is 17.7 Å². The standard InChI is InChI=1S/C29H27ClN4O3/c1-19-7-6-10-24(20(19)2)34-28(36)25(30)26(29(34)37)31-22-13-11-21(12-14-22)27(35)33-17-15-32(16-18-33)23-8-4-3-5-9-23/h3-14,31H,15-18H2,1-2H3. The SMILES string of the molecule is Cc1cccc(N2C(=O)C(Cl)=C(Nc3ccc(C(=O)N4CCN(c5ccccc5)CC4)cc3)C2=O)c1C. The van der Waals surface area contributed by atoms with E-state index in [2.05, 4.69) is 22.3 Å². The Morgan fingerprint density at radius 2 is 1.49 bits per heavy atom. The minimum atomic E-state index is -0.565. The van der Waals surface area contributed by atoms with E-state index in [9.17, 15) is 14.4 Å². The first-order valence-corrected chi connectivity index (χ1v) is 12.5. The lowest BCUT2D eigenvalue weighted by Crippen LogP contribution is -2.48. The average Bonchev–Trinajstić information content (AvgIpc) is 3.14. The van der Waals surface area contributed by atoms with E-state index in [-0.39, 0.29) is 16.6 Å². The van der Waals surface area contributed by atoms with Gasteiger partial charge >= 0.3 is 0 Å². The van der Waals surface area contributed by atoms with Gasteiger partial charge in [0.2, 0.25) is 0 Å². The molecule has 1 fully saturated rings. The summed E-state index contributed by atoms with van der Waals surface area (Å²) >= 11 is 6.29. The first kappa shape index (κ1) is 24.6. The number of piperazine rings is 1. The molecule has 0 unspecified atom stereocenters. The van der Waals surface area contributed by atoms with Crippen LogP contribution in [0.1, 0.15) is 21.5 Å². The number of aryl methyl sites for hydroxylation is 1. The Hall–Kier alpha value is -4.10. The molecule has 0 spiro atoms. The fraction of sp³-hybridized carbons (Fsp3) is 0.207. The van der Waals surface area contributed by atoms with Gasteiger partial charge in [0.1, 0.15) is 10.7 Å². The Labute approximate surface area is 220 Å². The largest absolute Gasteiger partial charge is 0.368 e. The van der Waals surface area contributed by atoms with E-state index < -0.39 is 11.8 Å². The topological polar surface area (TPSA) is 73.0 Å². The van der Waals surface area contributed by atoms with E-state index >= 15 is 0 Å². The number of amides is 3. The third kappa shape index (κ3) is 4.70. The van der Waals surface area contributed by atoms with Crippen molar-refractivity contribution in [3.05, 3.63) is 100 Å². The highest BCUT2D eigenvalue weighted by Gasteiger charge is 2.39. The first-order valence-electron chi connectivity index (χ1n) is 12.2. The summed E-state index contributed by atoms with van der Waals surface area (Å²) in [5.74, 6) is -1.12. The maximum absolute atomic E-state index is 13.1. The van der Waals surface area contributed by atoms with E-state index in [4.69, 9.17) is 11.6 Å². The van der Waals surface area contributed by atoms with Crippen LogP contribution in [0.2, 0.25) is 0 Å². The fourth-order valence-electron chi connectivity index (χ4n) is 4.64. The third-order valence-electron chi connectivity index (χ3n) is 6.93. The molecule has 8 heteroatoms. The van der Waals surface area contributed by atoms with Gasteiger partial charge in [-0.25, -0.2) is 4.90 Å². The van der Waals surface area contributed by atoms with E-state index in [1.165, 1.54) is 0 Å². The van der Waals surface area contributed by atoms with Crippen LogP contribution in [0.25, 0.3) is 0 Å². The molecule has 3 aromatic rings. The number of nitrogens with zero attached hydrogens (tertiary/aromatic N) is 3. The molecular weight excluding hydrogens is 488 g/mol.